The standard InChI is InChI=1S/C18H22INS/c1-3-12-20-14(2)16-6-10-18(11-7-16)21-13-15-4-8-17(19)9-5-15/h4-11,14,20H,3,12-13H2,1-2H3. The van der Waals surface area contributed by atoms with E-state index in [1.165, 1.54) is 26.0 Å². The Morgan fingerprint density at radius 1 is 1.05 bits per heavy atom. The number of hydrogen-bond donors (Lipinski definition) is 1. The second kappa shape index (κ2) is 8.81. The Morgan fingerprint density at radius 2 is 1.71 bits per heavy atom. The number of hydrogen-bond acceptors (Lipinski definition) is 2. The summed E-state index contributed by atoms with van der Waals surface area (Å²) in [4.78, 5) is 1.33. The third-order valence-electron chi connectivity index (χ3n) is 3.40. The van der Waals surface area contributed by atoms with Gasteiger partial charge in [0.25, 0.3) is 0 Å². The van der Waals surface area contributed by atoms with E-state index in [-0.39, 0.29) is 0 Å². The molecular weight excluding hydrogens is 389 g/mol. The summed E-state index contributed by atoms with van der Waals surface area (Å²) in [7, 11) is 0. The molecule has 0 amide bonds. The molecule has 0 fully saturated rings. The summed E-state index contributed by atoms with van der Waals surface area (Å²) >= 11 is 4.24. The third kappa shape index (κ3) is 5.64. The van der Waals surface area contributed by atoms with E-state index in [1.807, 2.05) is 11.8 Å². The second-order valence-electron chi connectivity index (χ2n) is 5.16. The van der Waals surface area contributed by atoms with E-state index in [0.717, 1.165) is 12.3 Å². The lowest BCUT2D eigenvalue weighted by Gasteiger charge is -2.14. The van der Waals surface area contributed by atoms with Crippen LogP contribution in [0.4, 0.5) is 0 Å². The number of benzene rings is 2. The maximum absolute atomic E-state index is 3.52. The van der Waals surface area contributed by atoms with Crippen molar-refractivity contribution >= 4 is 34.4 Å². The molecule has 2 rings (SSSR count). The average molecular weight is 411 g/mol. The summed E-state index contributed by atoms with van der Waals surface area (Å²) in [5.74, 6) is 1.03. The molecule has 0 radical (unpaired) electrons. The predicted molar refractivity (Wildman–Crippen MR) is 102 cm³/mol. The Bertz CT molecular complexity index is 536. The molecular formula is C18H22INS. The summed E-state index contributed by atoms with van der Waals surface area (Å²) < 4.78 is 1.29. The molecule has 21 heavy (non-hydrogen) atoms. The van der Waals surface area contributed by atoms with Gasteiger partial charge in [-0.05, 0) is 77.9 Å². The van der Waals surface area contributed by atoms with E-state index in [4.69, 9.17) is 0 Å². The molecule has 3 heteroatoms. The lowest BCUT2D eigenvalue weighted by Crippen LogP contribution is -2.19. The van der Waals surface area contributed by atoms with Crippen LogP contribution in [0, 0.1) is 3.57 Å². The first kappa shape index (κ1) is 16.8. The molecule has 1 N–H and O–H groups in total. The zero-order valence-corrected chi connectivity index (χ0v) is 15.6. The Balaban J connectivity index is 1.88. The number of rotatable bonds is 7. The molecule has 0 saturated heterocycles. The average Bonchev–Trinajstić information content (AvgIpc) is 2.52. The lowest BCUT2D eigenvalue weighted by atomic mass is 10.1. The second-order valence-corrected chi connectivity index (χ2v) is 7.45. The molecule has 112 valence electrons. The number of halogens is 1. The Hall–Kier alpha value is -0.520. The van der Waals surface area contributed by atoms with Gasteiger partial charge in [-0.3, -0.25) is 0 Å². The Labute approximate surface area is 146 Å². The van der Waals surface area contributed by atoms with E-state index in [2.05, 4.69) is 90.3 Å². The molecule has 0 saturated carbocycles. The highest BCUT2D eigenvalue weighted by Gasteiger charge is 2.04. The SMILES string of the molecule is CCCNC(C)c1ccc(SCc2ccc(I)cc2)cc1. The highest BCUT2D eigenvalue weighted by atomic mass is 127. The maximum Gasteiger partial charge on any atom is 0.0291 e. The van der Waals surface area contributed by atoms with Crippen molar-refractivity contribution in [2.45, 2.75) is 37.0 Å². The summed E-state index contributed by atoms with van der Waals surface area (Å²) in [5.41, 5.74) is 2.74. The molecule has 1 atom stereocenters. The van der Waals surface area contributed by atoms with E-state index >= 15 is 0 Å². The summed E-state index contributed by atoms with van der Waals surface area (Å²) in [5, 5.41) is 3.52. The van der Waals surface area contributed by atoms with Gasteiger partial charge in [0.1, 0.15) is 0 Å². The first-order valence-electron chi connectivity index (χ1n) is 7.39. The zero-order valence-electron chi connectivity index (χ0n) is 12.6. The van der Waals surface area contributed by atoms with Gasteiger partial charge in [0, 0.05) is 20.3 Å². The molecule has 0 aliphatic heterocycles. The van der Waals surface area contributed by atoms with E-state index in [1.54, 1.807) is 0 Å². The van der Waals surface area contributed by atoms with Crippen LogP contribution >= 0.6 is 34.4 Å². The van der Waals surface area contributed by atoms with E-state index in [0.29, 0.717) is 6.04 Å². The van der Waals surface area contributed by atoms with Crippen LogP contribution in [-0.2, 0) is 5.75 Å². The fraction of sp³-hybridized carbons (Fsp3) is 0.333. The van der Waals surface area contributed by atoms with Gasteiger partial charge in [-0.1, -0.05) is 31.2 Å². The fourth-order valence-electron chi connectivity index (χ4n) is 2.08. The van der Waals surface area contributed by atoms with Gasteiger partial charge in [-0.2, -0.15) is 0 Å². The summed E-state index contributed by atoms with van der Waals surface area (Å²) in [6.07, 6.45) is 1.17. The van der Waals surface area contributed by atoms with E-state index in [9.17, 15) is 0 Å². The molecule has 2 aromatic rings. The van der Waals surface area contributed by atoms with Gasteiger partial charge in [0.15, 0.2) is 0 Å². The normalized spacial score (nSPS) is 12.3. The Morgan fingerprint density at radius 3 is 2.33 bits per heavy atom. The van der Waals surface area contributed by atoms with Crippen LogP contribution in [0.5, 0.6) is 0 Å². The maximum atomic E-state index is 3.52. The highest BCUT2D eigenvalue weighted by molar-refractivity contribution is 14.1. The molecule has 0 aliphatic carbocycles. The number of nitrogens with one attached hydrogen (secondary N) is 1. The van der Waals surface area contributed by atoms with Gasteiger partial charge in [0.2, 0.25) is 0 Å². The zero-order chi connectivity index (χ0) is 15.1. The van der Waals surface area contributed by atoms with Crippen molar-refractivity contribution in [3.05, 3.63) is 63.2 Å². The van der Waals surface area contributed by atoms with Crippen molar-refractivity contribution in [2.75, 3.05) is 6.54 Å². The smallest absolute Gasteiger partial charge is 0.0291 e. The minimum Gasteiger partial charge on any atom is -0.310 e. The topological polar surface area (TPSA) is 12.0 Å². The molecule has 0 aromatic heterocycles. The summed E-state index contributed by atoms with van der Waals surface area (Å²) in [6.45, 7) is 5.50. The first-order valence-corrected chi connectivity index (χ1v) is 9.46. The van der Waals surface area contributed by atoms with Crippen LogP contribution < -0.4 is 5.32 Å². The fourth-order valence-corrected chi connectivity index (χ4v) is 3.29. The van der Waals surface area contributed by atoms with E-state index < -0.39 is 0 Å². The minimum absolute atomic E-state index is 0.431. The monoisotopic (exact) mass is 411 g/mol. The number of thioether (sulfide) groups is 1. The molecule has 0 spiro atoms. The molecule has 1 unspecified atom stereocenters. The van der Waals surface area contributed by atoms with Crippen molar-refractivity contribution in [2.24, 2.45) is 0 Å². The first-order chi connectivity index (χ1) is 10.2. The van der Waals surface area contributed by atoms with Gasteiger partial charge in [0.05, 0.1) is 0 Å². The Kier molecular flexibility index (Phi) is 7.07. The van der Waals surface area contributed by atoms with Crippen molar-refractivity contribution in [1.82, 2.24) is 5.32 Å². The molecule has 0 heterocycles. The third-order valence-corrected chi connectivity index (χ3v) is 5.20. The predicted octanol–water partition coefficient (Wildman–Crippen LogP) is 5.64. The molecule has 1 nitrogen and oxygen atoms in total. The molecule has 0 aliphatic rings. The largest absolute Gasteiger partial charge is 0.310 e. The van der Waals surface area contributed by atoms with Crippen LogP contribution in [-0.4, -0.2) is 6.54 Å². The van der Waals surface area contributed by atoms with Crippen LogP contribution in [0.1, 0.15) is 37.4 Å². The highest BCUT2D eigenvalue weighted by Crippen LogP contribution is 2.24. The quantitative estimate of drug-likeness (QED) is 0.467. The summed E-state index contributed by atoms with van der Waals surface area (Å²) in [6, 6.07) is 18.1. The van der Waals surface area contributed by atoms with Crippen LogP contribution in [0.3, 0.4) is 0 Å². The molecule has 0 bridgehead atoms. The van der Waals surface area contributed by atoms with Crippen molar-refractivity contribution < 1.29 is 0 Å². The van der Waals surface area contributed by atoms with Gasteiger partial charge in [-0.15, -0.1) is 11.8 Å². The van der Waals surface area contributed by atoms with Crippen LogP contribution in [0.2, 0.25) is 0 Å². The molecule has 2 aromatic carbocycles. The minimum atomic E-state index is 0.431. The van der Waals surface area contributed by atoms with Gasteiger partial charge < -0.3 is 5.32 Å². The van der Waals surface area contributed by atoms with Crippen molar-refractivity contribution in [3.8, 4) is 0 Å². The van der Waals surface area contributed by atoms with Crippen molar-refractivity contribution in [3.63, 3.8) is 0 Å². The van der Waals surface area contributed by atoms with Crippen LogP contribution in [0.25, 0.3) is 0 Å². The van der Waals surface area contributed by atoms with Gasteiger partial charge in [-0.25, -0.2) is 0 Å². The van der Waals surface area contributed by atoms with Crippen molar-refractivity contribution in [1.29, 1.82) is 0 Å². The van der Waals surface area contributed by atoms with Crippen LogP contribution in [0.15, 0.2) is 53.4 Å². The lowest BCUT2D eigenvalue weighted by molar-refractivity contribution is 0.570. The van der Waals surface area contributed by atoms with Gasteiger partial charge >= 0.3 is 0 Å².